The highest BCUT2D eigenvalue weighted by atomic mass is 32.2. The first-order valence-electron chi connectivity index (χ1n) is 11.1. The van der Waals surface area contributed by atoms with Gasteiger partial charge in [-0.1, -0.05) is 12.1 Å². The van der Waals surface area contributed by atoms with Crippen molar-refractivity contribution in [2.45, 2.75) is 30.6 Å². The summed E-state index contributed by atoms with van der Waals surface area (Å²) in [7, 11) is -1.81. The molecule has 2 fully saturated rings. The molecule has 0 unspecified atom stereocenters. The van der Waals surface area contributed by atoms with Crippen LogP contribution in [0.1, 0.15) is 24.8 Å². The normalized spacial score (nSPS) is 17.5. The van der Waals surface area contributed by atoms with E-state index in [-0.39, 0.29) is 10.8 Å². The zero-order chi connectivity index (χ0) is 22.6. The average molecular weight is 459 g/mol. The van der Waals surface area contributed by atoms with Crippen LogP contribution >= 0.6 is 0 Å². The molecule has 9 heteroatoms. The highest BCUT2D eigenvalue weighted by Gasteiger charge is 2.28. The van der Waals surface area contributed by atoms with Gasteiger partial charge in [0.2, 0.25) is 15.9 Å². The fourth-order valence-corrected chi connectivity index (χ4v) is 5.64. The molecule has 0 radical (unpaired) electrons. The van der Waals surface area contributed by atoms with E-state index >= 15 is 0 Å². The van der Waals surface area contributed by atoms with E-state index in [0.29, 0.717) is 52.1 Å². The molecular formula is C23H30N4O4S. The summed E-state index contributed by atoms with van der Waals surface area (Å²) in [6.07, 6.45) is 4.46. The van der Waals surface area contributed by atoms with E-state index in [1.54, 1.807) is 19.2 Å². The number of benzene rings is 1. The largest absolute Gasteiger partial charge is 0.497 e. The molecule has 2 aromatic rings. The van der Waals surface area contributed by atoms with Gasteiger partial charge in [0, 0.05) is 51.9 Å². The molecule has 0 N–H and O–H groups in total. The fraction of sp³-hybridized carbons (Fsp3) is 0.478. The molecule has 2 saturated heterocycles. The number of anilines is 1. The summed E-state index contributed by atoms with van der Waals surface area (Å²) < 4.78 is 32.0. The van der Waals surface area contributed by atoms with Gasteiger partial charge in [0.05, 0.1) is 7.11 Å². The molecule has 1 aromatic carbocycles. The number of rotatable bonds is 7. The number of sulfonamides is 1. The van der Waals surface area contributed by atoms with Crippen molar-refractivity contribution >= 4 is 21.7 Å². The van der Waals surface area contributed by atoms with Crippen molar-refractivity contribution in [2.24, 2.45) is 0 Å². The number of pyridine rings is 1. The Labute approximate surface area is 189 Å². The van der Waals surface area contributed by atoms with Gasteiger partial charge in [0.25, 0.3) is 0 Å². The van der Waals surface area contributed by atoms with Gasteiger partial charge in [-0.15, -0.1) is 0 Å². The average Bonchev–Trinajstić information content (AvgIpc) is 3.39. The lowest BCUT2D eigenvalue weighted by Crippen LogP contribution is -2.49. The maximum Gasteiger partial charge on any atom is 0.244 e. The number of aryl methyl sites for hydroxylation is 1. The number of carbonyl (C=O) groups is 1. The van der Waals surface area contributed by atoms with E-state index in [2.05, 4.69) is 9.88 Å². The minimum absolute atomic E-state index is 0.153. The summed E-state index contributed by atoms with van der Waals surface area (Å²) in [6, 6.07) is 11.2. The number of methoxy groups -OCH3 is 1. The topological polar surface area (TPSA) is 83.0 Å². The summed E-state index contributed by atoms with van der Waals surface area (Å²) in [5, 5.41) is 0. The lowest BCUT2D eigenvalue weighted by Gasteiger charge is -2.35. The molecule has 3 heterocycles. The van der Waals surface area contributed by atoms with Crippen molar-refractivity contribution in [2.75, 3.05) is 51.3 Å². The molecule has 4 rings (SSSR count). The van der Waals surface area contributed by atoms with Crippen molar-refractivity contribution in [3.05, 3.63) is 48.2 Å². The second-order valence-electron chi connectivity index (χ2n) is 8.18. The Bertz CT molecular complexity index is 1010. The molecule has 0 aliphatic carbocycles. The van der Waals surface area contributed by atoms with Crippen molar-refractivity contribution < 1.29 is 17.9 Å². The third-order valence-corrected chi connectivity index (χ3v) is 8.05. The van der Waals surface area contributed by atoms with Gasteiger partial charge >= 0.3 is 0 Å². The Morgan fingerprint density at radius 3 is 2.25 bits per heavy atom. The van der Waals surface area contributed by atoms with Gasteiger partial charge in [0.1, 0.15) is 16.5 Å². The Balaban J connectivity index is 1.28. The molecule has 172 valence electrons. The van der Waals surface area contributed by atoms with Crippen LogP contribution < -0.4 is 9.64 Å². The summed E-state index contributed by atoms with van der Waals surface area (Å²) in [4.78, 5) is 21.3. The first kappa shape index (κ1) is 22.5. The van der Waals surface area contributed by atoms with E-state index in [0.717, 1.165) is 30.0 Å². The zero-order valence-electron chi connectivity index (χ0n) is 18.4. The smallest absolute Gasteiger partial charge is 0.244 e. The highest BCUT2D eigenvalue weighted by Crippen LogP contribution is 2.22. The molecular weight excluding hydrogens is 428 g/mol. The summed E-state index contributed by atoms with van der Waals surface area (Å²) >= 11 is 0. The first-order valence-corrected chi connectivity index (χ1v) is 12.5. The monoisotopic (exact) mass is 458 g/mol. The molecule has 0 bridgehead atoms. The minimum atomic E-state index is -3.45. The van der Waals surface area contributed by atoms with Crippen LogP contribution in [0, 0.1) is 0 Å². The number of piperazine rings is 1. The molecule has 1 aromatic heterocycles. The molecule has 8 nitrogen and oxygen atoms in total. The van der Waals surface area contributed by atoms with Crippen molar-refractivity contribution in [1.29, 1.82) is 0 Å². The van der Waals surface area contributed by atoms with E-state index in [4.69, 9.17) is 4.74 Å². The van der Waals surface area contributed by atoms with E-state index in [9.17, 15) is 13.2 Å². The number of carbonyl (C=O) groups excluding carboxylic acids is 1. The fourth-order valence-electron chi connectivity index (χ4n) is 4.18. The van der Waals surface area contributed by atoms with Crippen LogP contribution in [0.3, 0.4) is 0 Å². The van der Waals surface area contributed by atoms with Crippen LogP contribution in [-0.4, -0.2) is 74.9 Å². The summed E-state index contributed by atoms with van der Waals surface area (Å²) in [5.41, 5.74) is 1.12. The predicted octanol–water partition coefficient (Wildman–Crippen LogP) is 2.16. The molecule has 0 saturated carbocycles. The number of aromatic nitrogens is 1. The zero-order valence-corrected chi connectivity index (χ0v) is 19.3. The summed E-state index contributed by atoms with van der Waals surface area (Å²) in [5.74, 6) is 1.71. The van der Waals surface area contributed by atoms with Gasteiger partial charge in [0.15, 0.2) is 0 Å². The first-order chi connectivity index (χ1) is 15.5. The van der Waals surface area contributed by atoms with E-state index in [1.807, 2.05) is 29.2 Å². The predicted molar refractivity (Wildman–Crippen MR) is 122 cm³/mol. The van der Waals surface area contributed by atoms with Crippen molar-refractivity contribution in [3.63, 3.8) is 0 Å². The molecule has 2 aliphatic rings. The lowest BCUT2D eigenvalue weighted by molar-refractivity contribution is -0.131. The highest BCUT2D eigenvalue weighted by molar-refractivity contribution is 7.89. The van der Waals surface area contributed by atoms with Crippen LogP contribution in [-0.2, 0) is 21.2 Å². The SMILES string of the molecule is COc1ccc(CCC(=O)N2CCN(c3ccc(S(=O)(=O)N4CCCC4)cn3)CC2)cc1. The van der Waals surface area contributed by atoms with Gasteiger partial charge in [-0.3, -0.25) is 4.79 Å². The van der Waals surface area contributed by atoms with Crippen molar-refractivity contribution in [1.82, 2.24) is 14.2 Å². The minimum Gasteiger partial charge on any atom is -0.497 e. The van der Waals surface area contributed by atoms with Crippen LogP contribution in [0.5, 0.6) is 5.75 Å². The Morgan fingerprint density at radius 2 is 1.66 bits per heavy atom. The molecule has 0 spiro atoms. The Morgan fingerprint density at radius 1 is 0.969 bits per heavy atom. The molecule has 2 aliphatic heterocycles. The maximum absolute atomic E-state index is 12.7. The molecule has 0 atom stereocenters. The number of nitrogens with zero attached hydrogens (tertiary/aromatic N) is 4. The second kappa shape index (κ2) is 9.87. The van der Waals surface area contributed by atoms with E-state index < -0.39 is 10.0 Å². The van der Waals surface area contributed by atoms with Gasteiger partial charge in [-0.05, 0) is 49.1 Å². The summed E-state index contributed by atoms with van der Waals surface area (Å²) in [6.45, 7) is 3.80. The quantitative estimate of drug-likeness (QED) is 0.632. The van der Waals surface area contributed by atoms with Gasteiger partial charge in [-0.25, -0.2) is 13.4 Å². The third-order valence-electron chi connectivity index (χ3n) is 6.17. The lowest BCUT2D eigenvalue weighted by atomic mass is 10.1. The van der Waals surface area contributed by atoms with Crippen molar-refractivity contribution in [3.8, 4) is 5.75 Å². The van der Waals surface area contributed by atoms with Crippen LogP contribution in [0.25, 0.3) is 0 Å². The van der Waals surface area contributed by atoms with E-state index in [1.165, 1.54) is 10.5 Å². The number of hydrogen-bond donors (Lipinski definition) is 0. The molecule has 32 heavy (non-hydrogen) atoms. The van der Waals surface area contributed by atoms with Gasteiger partial charge in [-0.2, -0.15) is 4.31 Å². The van der Waals surface area contributed by atoms with Crippen LogP contribution in [0.15, 0.2) is 47.5 Å². The number of amides is 1. The van der Waals surface area contributed by atoms with Crippen LogP contribution in [0.2, 0.25) is 0 Å². The Hall–Kier alpha value is -2.65. The third kappa shape index (κ3) is 5.05. The van der Waals surface area contributed by atoms with Gasteiger partial charge < -0.3 is 14.5 Å². The van der Waals surface area contributed by atoms with Crippen LogP contribution in [0.4, 0.5) is 5.82 Å². The number of hydrogen-bond acceptors (Lipinski definition) is 6. The number of ether oxygens (including phenoxy) is 1. The standard InChI is InChI=1S/C23H30N4O4S/c1-31-20-7-4-19(5-8-20)6-11-23(28)26-16-14-25(15-17-26)22-10-9-21(18-24-22)32(29,30)27-12-2-3-13-27/h4-5,7-10,18H,2-3,6,11-17H2,1H3. The Kier molecular flexibility index (Phi) is 6.95. The molecule has 1 amide bonds. The maximum atomic E-state index is 12.7. The second-order valence-corrected chi connectivity index (χ2v) is 10.1.